The molecule has 1 saturated carbocycles. The summed E-state index contributed by atoms with van der Waals surface area (Å²) in [4.78, 5) is 11.5. The molecule has 76 valence electrons. The molecule has 0 aromatic carbocycles. The first kappa shape index (κ1) is 10.7. The molecule has 1 fully saturated rings. The van der Waals surface area contributed by atoms with Crippen LogP contribution >= 0.6 is 0 Å². The second-order valence-electron chi connectivity index (χ2n) is 4.25. The molecule has 0 heterocycles. The van der Waals surface area contributed by atoms with Crippen molar-refractivity contribution in [3.63, 3.8) is 0 Å². The number of hydrogen-bond donors (Lipinski definition) is 0. The lowest BCUT2D eigenvalue weighted by atomic mass is 9.96. The molecule has 0 spiro atoms. The van der Waals surface area contributed by atoms with E-state index in [1.165, 1.54) is 0 Å². The van der Waals surface area contributed by atoms with Crippen LogP contribution in [0.5, 0.6) is 0 Å². The summed E-state index contributed by atoms with van der Waals surface area (Å²) < 4.78 is 5.72. The Morgan fingerprint density at radius 2 is 2.31 bits per heavy atom. The smallest absolute Gasteiger partial charge is 0.161 e. The Kier molecular flexibility index (Phi) is 3.48. The van der Waals surface area contributed by atoms with E-state index in [0.717, 1.165) is 25.7 Å². The minimum atomic E-state index is -0.421. The standard InChI is InChI=1S/C11H20O2/c1-4-7-13-11(10(3)12)6-5-9(2)8-11/h9H,4-8H2,1-3H3. The molecule has 2 unspecified atom stereocenters. The highest BCUT2D eigenvalue weighted by Gasteiger charge is 2.42. The third kappa shape index (κ3) is 2.31. The van der Waals surface area contributed by atoms with Gasteiger partial charge in [0.15, 0.2) is 5.78 Å². The molecule has 0 aliphatic heterocycles. The highest BCUT2D eigenvalue weighted by molar-refractivity contribution is 5.85. The van der Waals surface area contributed by atoms with Crippen LogP contribution in [0.25, 0.3) is 0 Å². The predicted octanol–water partition coefficient (Wildman–Crippen LogP) is 2.56. The third-order valence-corrected chi connectivity index (χ3v) is 2.94. The lowest BCUT2D eigenvalue weighted by Crippen LogP contribution is -2.37. The quantitative estimate of drug-likeness (QED) is 0.671. The van der Waals surface area contributed by atoms with Gasteiger partial charge in [0.1, 0.15) is 5.60 Å². The summed E-state index contributed by atoms with van der Waals surface area (Å²) in [6.07, 6.45) is 3.96. The van der Waals surface area contributed by atoms with Crippen LogP contribution in [0.15, 0.2) is 0 Å². The Morgan fingerprint density at radius 1 is 1.62 bits per heavy atom. The van der Waals surface area contributed by atoms with Crippen LogP contribution in [0.1, 0.15) is 46.5 Å². The molecule has 0 aromatic rings. The van der Waals surface area contributed by atoms with E-state index in [1.54, 1.807) is 6.92 Å². The van der Waals surface area contributed by atoms with E-state index in [2.05, 4.69) is 13.8 Å². The summed E-state index contributed by atoms with van der Waals surface area (Å²) >= 11 is 0. The van der Waals surface area contributed by atoms with Crippen LogP contribution in [0.2, 0.25) is 0 Å². The van der Waals surface area contributed by atoms with Gasteiger partial charge in [0, 0.05) is 6.61 Å². The molecule has 1 aliphatic rings. The number of carbonyl (C=O) groups is 1. The zero-order valence-electron chi connectivity index (χ0n) is 8.93. The molecular formula is C11H20O2. The van der Waals surface area contributed by atoms with Gasteiger partial charge in [-0.15, -0.1) is 0 Å². The predicted molar refractivity (Wildman–Crippen MR) is 52.7 cm³/mol. The molecule has 13 heavy (non-hydrogen) atoms. The van der Waals surface area contributed by atoms with Crippen molar-refractivity contribution in [1.82, 2.24) is 0 Å². The molecule has 0 amide bonds. The molecule has 0 N–H and O–H groups in total. The van der Waals surface area contributed by atoms with Crippen LogP contribution in [-0.2, 0) is 9.53 Å². The van der Waals surface area contributed by atoms with E-state index in [1.807, 2.05) is 0 Å². The van der Waals surface area contributed by atoms with Gasteiger partial charge >= 0.3 is 0 Å². The van der Waals surface area contributed by atoms with Crippen molar-refractivity contribution in [2.75, 3.05) is 6.61 Å². The molecule has 0 radical (unpaired) electrons. The first-order valence-electron chi connectivity index (χ1n) is 5.25. The fraction of sp³-hybridized carbons (Fsp3) is 0.909. The van der Waals surface area contributed by atoms with Gasteiger partial charge in [0.2, 0.25) is 0 Å². The second kappa shape index (κ2) is 4.23. The monoisotopic (exact) mass is 184 g/mol. The summed E-state index contributed by atoms with van der Waals surface area (Å²) in [7, 11) is 0. The summed E-state index contributed by atoms with van der Waals surface area (Å²) in [5.74, 6) is 0.853. The lowest BCUT2D eigenvalue weighted by Gasteiger charge is -2.26. The Bertz CT molecular complexity index is 189. The van der Waals surface area contributed by atoms with Crippen molar-refractivity contribution in [3.8, 4) is 0 Å². The van der Waals surface area contributed by atoms with Gasteiger partial charge in [-0.25, -0.2) is 0 Å². The normalized spacial score (nSPS) is 33.6. The molecule has 2 heteroatoms. The van der Waals surface area contributed by atoms with E-state index < -0.39 is 5.60 Å². The summed E-state index contributed by atoms with van der Waals surface area (Å²) in [5, 5.41) is 0. The zero-order valence-corrected chi connectivity index (χ0v) is 8.93. The molecule has 2 atom stereocenters. The van der Waals surface area contributed by atoms with Gasteiger partial charge in [0.05, 0.1) is 0 Å². The molecular weight excluding hydrogens is 164 g/mol. The van der Waals surface area contributed by atoms with Crippen molar-refractivity contribution in [1.29, 1.82) is 0 Å². The topological polar surface area (TPSA) is 26.3 Å². The van der Waals surface area contributed by atoms with Crippen LogP contribution < -0.4 is 0 Å². The van der Waals surface area contributed by atoms with Crippen molar-refractivity contribution in [3.05, 3.63) is 0 Å². The van der Waals surface area contributed by atoms with Crippen LogP contribution in [0, 0.1) is 5.92 Å². The molecule has 1 rings (SSSR count). The van der Waals surface area contributed by atoms with Crippen LogP contribution in [0.4, 0.5) is 0 Å². The van der Waals surface area contributed by atoms with Gasteiger partial charge in [-0.1, -0.05) is 13.8 Å². The molecule has 2 nitrogen and oxygen atoms in total. The summed E-state index contributed by atoms with van der Waals surface area (Å²) in [6.45, 7) is 6.65. The van der Waals surface area contributed by atoms with Crippen molar-refractivity contribution >= 4 is 5.78 Å². The number of Topliss-reactive ketones (excluding diaryl/α,β-unsaturated/α-hetero) is 1. The first-order valence-corrected chi connectivity index (χ1v) is 5.25. The van der Waals surface area contributed by atoms with Gasteiger partial charge < -0.3 is 4.74 Å². The maximum atomic E-state index is 11.5. The third-order valence-electron chi connectivity index (χ3n) is 2.94. The fourth-order valence-electron chi connectivity index (χ4n) is 2.10. The number of ether oxygens (including phenoxy) is 1. The van der Waals surface area contributed by atoms with Crippen molar-refractivity contribution < 1.29 is 9.53 Å². The van der Waals surface area contributed by atoms with Crippen molar-refractivity contribution in [2.24, 2.45) is 5.92 Å². The molecule has 0 bridgehead atoms. The second-order valence-corrected chi connectivity index (χ2v) is 4.25. The van der Waals surface area contributed by atoms with Crippen molar-refractivity contribution in [2.45, 2.75) is 52.1 Å². The maximum Gasteiger partial charge on any atom is 0.161 e. The molecule has 1 aliphatic carbocycles. The van der Waals surface area contributed by atoms with E-state index in [4.69, 9.17) is 4.74 Å². The van der Waals surface area contributed by atoms with Crippen LogP contribution in [-0.4, -0.2) is 18.0 Å². The van der Waals surface area contributed by atoms with Gasteiger partial charge in [-0.2, -0.15) is 0 Å². The Balaban J connectivity index is 2.60. The van der Waals surface area contributed by atoms with E-state index >= 15 is 0 Å². The molecule has 0 saturated heterocycles. The van der Waals surface area contributed by atoms with E-state index in [-0.39, 0.29) is 5.78 Å². The summed E-state index contributed by atoms with van der Waals surface area (Å²) in [5.41, 5.74) is -0.421. The Hall–Kier alpha value is -0.370. The maximum absolute atomic E-state index is 11.5. The Morgan fingerprint density at radius 3 is 2.69 bits per heavy atom. The SMILES string of the molecule is CCCOC1(C(C)=O)CCC(C)C1. The highest BCUT2D eigenvalue weighted by Crippen LogP contribution is 2.37. The lowest BCUT2D eigenvalue weighted by molar-refractivity contribution is -0.142. The van der Waals surface area contributed by atoms with Gasteiger partial charge in [0.25, 0.3) is 0 Å². The average Bonchev–Trinajstić information content (AvgIpc) is 2.45. The fourth-order valence-corrected chi connectivity index (χ4v) is 2.10. The minimum Gasteiger partial charge on any atom is -0.367 e. The van der Waals surface area contributed by atoms with Gasteiger partial charge in [-0.05, 0) is 38.5 Å². The van der Waals surface area contributed by atoms with Gasteiger partial charge in [-0.3, -0.25) is 4.79 Å². The highest BCUT2D eigenvalue weighted by atomic mass is 16.5. The van der Waals surface area contributed by atoms with Crippen LogP contribution in [0.3, 0.4) is 0 Å². The van der Waals surface area contributed by atoms with E-state index in [0.29, 0.717) is 12.5 Å². The molecule has 0 aromatic heterocycles. The van der Waals surface area contributed by atoms with E-state index in [9.17, 15) is 4.79 Å². The number of rotatable bonds is 4. The number of ketones is 1. The number of carbonyl (C=O) groups excluding carboxylic acids is 1. The minimum absolute atomic E-state index is 0.213. The summed E-state index contributed by atoms with van der Waals surface area (Å²) in [6, 6.07) is 0. The zero-order chi connectivity index (χ0) is 9.90. The Labute approximate surface area is 80.7 Å². The largest absolute Gasteiger partial charge is 0.367 e. The number of hydrogen-bond acceptors (Lipinski definition) is 2. The first-order chi connectivity index (χ1) is 6.10. The average molecular weight is 184 g/mol.